The molecule has 0 aliphatic carbocycles. The molecule has 0 aromatic heterocycles. The Morgan fingerprint density at radius 1 is 1.21 bits per heavy atom. The van der Waals surface area contributed by atoms with Gasteiger partial charge >= 0.3 is 0 Å². The second kappa shape index (κ2) is 4.75. The zero-order chi connectivity index (χ0) is 9.97. The van der Waals surface area contributed by atoms with Crippen LogP contribution in [-0.4, -0.2) is 19.6 Å². The summed E-state index contributed by atoms with van der Waals surface area (Å²) in [5, 5.41) is 6.87. The van der Waals surface area contributed by atoms with Crippen molar-refractivity contribution in [3.05, 3.63) is 32.7 Å². The summed E-state index contributed by atoms with van der Waals surface area (Å²) in [6, 6.07) is 6.70. The Kier molecular flexibility index (Phi) is 3.60. The fourth-order valence-electron chi connectivity index (χ4n) is 1.65. The van der Waals surface area contributed by atoms with Gasteiger partial charge in [-0.05, 0) is 23.8 Å². The Labute approximate surface area is 101 Å². The predicted octanol–water partition coefficient (Wildman–Crippen LogP) is 2.45. The van der Waals surface area contributed by atoms with Crippen LogP contribution in [0.15, 0.2) is 27.1 Å². The minimum absolute atomic E-state index is 0.413. The highest BCUT2D eigenvalue weighted by Gasteiger charge is 2.16. The average Bonchev–Trinajstić information content (AvgIpc) is 2.23. The molecule has 1 fully saturated rings. The van der Waals surface area contributed by atoms with Gasteiger partial charge in [0.2, 0.25) is 0 Å². The molecular formula is C10H12Br2N2. The van der Waals surface area contributed by atoms with Crippen LogP contribution in [0.1, 0.15) is 11.6 Å². The summed E-state index contributed by atoms with van der Waals surface area (Å²) in [4.78, 5) is 0. The lowest BCUT2D eigenvalue weighted by Gasteiger charge is -2.25. The SMILES string of the molecule is Brc1ccc(Br)c([C@H]2CNCCN2)c1. The summed E-state index contributed by atoms with van der Waals surface area (Å²) in [5.74, 6) is 0. The van der Waals surface area contributed by atoms with Gasteiger partial charge in [-0.25, -0.2) is 0 Å². The number of halogens is 2. The number of hydrogen-bond donors (Lipinski definition) is 2. The maximum Gasteiger partial charge on any atom is 0.0458 e. The van der Waals surface area contributed by atoms with Crippen molar-refractivity contribution in [2.45, 2.75) is 6.04 Å². The first-order chi connectivity index (χ1) is 6.77. The predicted molar refractivity (Wildman–Crippen MR) is 65.5 cm³/mol. The Bertz CT molecular complexity index is 322. The van der Waals surface area contributed by atoms with Crippen molar-refractivity contribution in [1.82, 2.24) is 10.6 Å². The highest BCUT2D eigenvalue weighted by atomic mass is 79.9. The van der Waals surface area contributed by atoms with Gasteiger partial charge in [-0.3, -0.25) is 0 Å². The number of hydrogen-bond acceptors (Lipinski definition) is 2. The maximum atomic E-state index is 3.58. The van der Waals surface area contributed by atoms with E-state index in [9.17, 15) is 0 Å². The molecule has 0 amide bonds. The van der Waals surface area contributed by atoms with Crippen molar-refractivity contribution in [3.63, 3.8) is 0 Å². The van der Waals surface area contributed by atoms with E-state index in [1.165, 1.54) is 10.0 Å². The van der Waals surface area contributed by atoms with Crippen molar-refractivity contribution in [1.29, 1.82) is 0 Å². The molecular weight excluding hydrogens is 308 g/mol. The molecule has 0 spiro atoms. The topological polar surface area (TPSA) is 24.1 Å². The van der Waals surface area contributed by atoms with E-state index in [1.807, 2.05) is 6.07 Å². The molecule has 1 aromatic rings. The molecule has 1 aliphatic rings. The van der Waals surface area contributed by atoms with Crippen LogP contribution >= 0.6 is 31.9 Å². The molecule has 1 aliphatic heterocycles. The van der Waals surface area contributed by atoms with E-state index in [1.54, 1.807) is 0 Å². The lowest BCUT2D eigenvalue weighted by Crippen LogP contribution is -2.42. The summed E-state index contributed by atoms with van der Waals surface area (Å²) in [5.41, 5.74) is 1.31. The molecule has 2 N–H and O–H groups in total. The first-order valence-electron chi connectivity index (χ1n) is 4.66. The third kappa shape index (κ3) is 2.37. The van der Waals surface area contributed by atoms with Gasteiger partial charge in [-0.15, -0.1) is 0 Å². The average molecular weight is 320 g/mol. The quantitative estimate of drug-likeness (QED) is 0.831. The van der Waals surface area contributed by atoms with Gasteiger partial charge in [0, 0.05) is 34.6 Å². The van der Waals surface area contributed by atoms with E-state index in [0.717, 1.165) is 24.1 Å². The van der Waals surface area contributed by atoms with Crippen LogP contribution in [0.25, 0.3) is 0 Å². The zero-order valence-electron chi connectivity index (χ0n) is 7.69. The van der Waals surface area contributed by atoms with E-state index in [4.69, 9.17) is 0 Å². The largest absolute Gasteiger partial charge is 0.314 e. The lowest BCUT2D eigenvalue weighted by atomic mass is 10.1. The Hall–Kier alpha value is 0.1000. The fourth-order valence-corrected chi connectivity index (χ4v) is 2.56. The molecule has 0 radical (unpaired) electrons. The van der Waals surface area contributed by atoms with Crippen LogP contribution in [-0.2, 0) is 0 Å². The summed E-state index contributed by atoms with van der Waals surface area (Å²) in [7, 11) is 0. The molecule has 0 unspecified atom stereocenters. The van der Waals surface area contributed by atoms with Crippen molar-refractivity contribution in [3.8, 4) is 0 Å². The summed E-state index contributed by atoms with van der Waals surface area (Å²) in [6.07, 6.45) is 0. The second-order valence-corrected chi connectivity index (χ2v) is 5.15. The highest BCUT2D eigenvalue weighted by molar-refractivity contribution is 9.11. The van der Waals surface area contributed by atoms with Gasteiger partial charge < -0.3 is 10.6 Å². The van der Waals surface area contributed by atoms with Gasteiger partial charge in [0.05, 0.1) is 0 Å². The summed E-state index contributed by atoms with van der Waals surface area (Å²) < 4.78 is 2.30. The molecule has 1 heterocycles. The molecule has 1 atom stereocenters. The third-order valence-corrected chi connectivity index (χ3v) is 3.59. The fraction of sp³-hybridized carbons (Fsp3) is 0.400. The second-order valence-electron chi connectivity index (χ2n) is 3.38. The molecule has 1 aromatic carbocycles. The molecule has 2 rings (SSSR count). The van der Waals surface area contributed by atoms with E-state index >= 15 is 0 Å². The van der Waals surface area contributed by atoms with Crippen LogP contribution in [0.4, 0.5) is 0 Å². The first kappa shape index (κ1) is 10.6. The number of benzene rings is 1. The van der Waals surface area contributed by atoms with Gasteiger partial charge in [-0.1, -0.05) is 31.9 Å². The number of nitrogens with one attached hydrogen (secondary N) is 2. The Morgan fingerprint density at radius 2 is 2.07 bits per heavy atom. The van der Waals surface area contributed by atoms with Gasteiger partial charge in [0.15, 0.2) is 0 Å². The highest BCUT2D eigenvalue weighted by Crippen LogP contribution is 2.27. The van der Waals surface area contributed by atoms with E-state index in [2.05, 4.69) is 54.6 Å². The maximum absolute atomic E-state index is 3.58. The Balaban J connectivity index is 2.24. The van der Waals surface area contributed by atoms with Crippen molar-refractivity contribution >= 4 is 31.9 Å². The molecule has 0 saturated carbocycles. The first-order valence-corrected chi connectivity index (χ1v) is 6.25. The number of rotatable bonds is 1. The molecule has 76 valence electrons. The van der Waals surface area contributed by atoms with Crippen molar-refractivity contribution in [2.75, 3.05) is 19.6 Å². The smallest absolute Gasteiger partial charge is 0.0458 e. The zero-order valence-corrected chi connectivity index (χ0v) is 10.9. The van der Waals surface area contributed by atoms with Crippen molar-refractivity contribution in [2.24, 2.45) is 0 Å². The Morgan fingerprint density at radius 3 is 2.79 bits per heavy atom. The molecule has 2 nitrogen and oxygen atoms in total. The molecule has 14 heavy (non-hydrogen) atoms. The van der Waals surface area contributed by atoms with Crippen LogP contribution < -0.4 is 10.6 Å². The molecule has 1 saturated heterocycles. The van der Waals surface area contributed by atoms with E-state index in [-0.39, 0.29) is 0 Å². The lowest BCUT2D eigenvalue weighted by molar-refractivity contribution is 0.429. The van der Waals surface area contributed by atoms with Gasteiger partial charge in [0.25, 0.3) is 0 Å². The third-order valence-electron chi connectivity index (χ3n) is 2.37. The molecule has 4 heteroatoms. The standard InChI is InChI=1S/C10H12Br2N2/c11-7-1-2-9(12)8(5-7)10-6-13-3-4-14-10/h1-2,5,10,13-14H,3-4,6H2/t10-/m1/s1. The summed E-state index contributed by atoms with van der Waals surface area (Å²) in [6.45, 7) is 3.08. The van der Waals surface area contributed by atoms with E-state index < -0.39 is 0 Å². The summed E-state index contributed by atoms with van der Waals surface area (Å²) >= 11 is 7.07. The number of piperazine rings is 1. The normalized spacial score (nSPS) is 22.3. The van der Waals surface area contributed by atoms with Crippen LogP contribution in [0.3, 0.4) is 0 Å². The van der Waals surface area contributed by atoms with E-state index in [0.29, 0.717) is 6.04 Å². The molecule has 0 bridgehead atoms. The van der Waals surface area contributed by atoms with Crippen molar-refractivity contribution < 1.29 is 0 Å². The van der Waals surface area contributed by atoms with Gasteiger partial charge in [-0.2, -0.15) is 0 Å². The monoisotopic (exact) mass is 318 g/mol. The van der Waals surface area contributed by atoms with Crippen LogP contribution in [0.2, 0.25) is 0 Å². The van der Waals surface area contributed by atoms with Crippen LogP contribution in [0, 0.1) is 0 Å². The minimum atomic E-state index is 0.413. The van der Waals surface area contributed by atoms with Crippen LogP contribution in [0.5, 0.6) is 0 Å². The minimum Gasteiger partial charge on any atom is -0.314 e. The van der Waals surface area contributed by atoms with Gasteiger partial charge in [0.1, 0.15) is 0 Å².